The average Bonchev–Trinajstić information content (AvgIpc) is 2.03. The highest BCUT2D eigenvalue weighted by Crippen LogP contribution is 2.02. The molecule has 0 unspecified atom stereocenters. The monoisotopic (exact) mass is 164 g/mol. The fraction of sp³-hybridized carbons (Fsp3) is 0.250. The summed E-state index contributed by atoms with van der Waals surface area (Å²) < 4.78 is 0. The molecular weight excluding hydrogens is 152 g/mol. The average molecular weight is 164 g/mol. The standard InChI is InChI=1S/C8H12N4/c1-6(2)5-10-8-4-3-7(9)11-12-8/h3-4H,1,5H2,2H3,(H2,9,11)(H,10,12). The van der Waals surface area contributed by atoms with E-state index in [2.05, 4.69) is 22.1 Å². The van der Waals surface area contributed by atoms with Gasteiger partial charge in [0.2, 0.25) is 0 Å². The minimum Gasteiger partial charge on any atom is -0.382 e. The number of nitrogens with zero attached hydrogens (tertiary/aromatic N) is 2. The van der Waals surface area contributed by atoms with Crippen molar-refractivity contribution in [3.8, 4) is 0 Å². The Morgan fingerprint density at radius 3 is 2.83 bits per heavy atom. The van der Waals surface area contributed by atoms with Gasteiger partial charge in [-0.15, -0.1) is 10.2 Å². The maximum Gasteiger partial charge on any atom is 0.149 e. The summed E-state index contributed by atoms with van der Waals surface area (Å²) in [7, 11) is 0. The van der Waals surface area contributed by atoms with Crippen LogP contribution in [-0.4, -0.2) is 16.7 Å². The summed E-state index contributed by atoms with van der Waals surface area (Å²) in [6.07, 6.45) is 0. The number of hydrogen-bond donors (Lipinski definition) is 2. The van der Waals surface area contributed by atoms with E-state index in [0.29, 0.717) is 18.2 Å². The van der Waals surface area contributed by atoms with Gasteiger partial charge >= 0.3 is 0 Å². The minimum absolute atomic E-state index is 0.427. The Morgan fingerprint density at radius 1 is 1.58 bits per heavy atom. The first-order chi connectivity index (χ1) is 5.68. The molecule has 0 bridgehead atoms. The van der Waals surface area contributed by atoms with E-state index in [-0.39, 0.29) is 0 Å². The van der Waals surface area contributed by atoms with Crippen LogP contribution in [-0.2, 0) is 0 Å². The molecule has 0 atom stereocenters. The molecule has 0 saturated heterocycles. The summed E-state index contributed by atoms with van der Waals surface area (Å²) in [5.74, 6) is 1.14. The Balaban J connectivity index is 2.53. The second-order valence-electron chi connectivity index (χ2n) is 2.65. The lowest BCUT2D eigenvalue weighted by atomic mass is 10.3. The Morgan fingerprint density at radius 2 is 2.33 bits per heavy atom. The van der Waals surface area contributed by atoms with E-state index in [1.165, 1.54) is 0 Å². The van der Waals surface area contributed by atoms with Crippen LogP contribution in [0.2, 0.25) is 0 Å². The van der Waals surface area contributed by atoms with Crippen LogP contribution in [0.3, 0.4) is 0 Å². The zero-order valence-electron chi connectivity index (χ0n) is 7.04. The van der Waals surface area contributed by atoms with E-state index in [4.69, 9.17) is 5.73 Å². The highest BCUT2D eigenvalue weighted by Gasteiger charge is 1.92. The van der Waals surface area contributed by atoms with Crippen molar-refractivity contribution in [3.63, 3.8) is 0 Å². The van der Waals surface area contributed by atoms with Gasteiger partial charge in [-0.3, -0.25) is 0 Å². The summed E-state index contributed by atoms with van der Waals surface area (Å²) in [6, 6.07) is 3.49. The van der Waals surface area contributed by atoms with Gasteiger partial charge in [-0.05, 0) is 19.1 Å². The van der Waals surface area contributed by atoms with E-state index in [9.17, 15) is 0 Å². The molecule has 64 valence electrons. The van der Waals surface area contributed by atoms with Crippen molar-refractivity contribution in [1.29, 1.82) is 0 Å². The van der Waals surface area contributed by atoms with Gasteiger partial charge in [0, 0.05) is 6.54 Å². The molecule has 4 heteroatoms. The summed E-state index contributed by atoms with van der Waals surface area (Å²) in [4.78, 5) is 0. The molecule has 0 aromatic carbocycles. The van der Waals surface area contributed by atoms with E-state index in [1.807, 2.05) is 6.92 Å². The molecule has 3 N–H and O–H groups in total. The SMILES string of the molecule is C=C(C)CNc1ccc(N)nn1. The van der Waals surface area contributed by atoms with Crippen LogP contribution in [0.1, 0.15) is 6.92 Å². The van der Waals surface area contributed by atoms with Gasteiger partial charge in [-0.1, -0.05) is 12.2 Å². The van der Waals surface area contributed by atoms with Gasteiger partial charge in [0.05, 0.1) is 0 Å². The molecule has 1 aromatic heterocycles. The first kappa shape index (κ1) is 8.52. The van der Waals surface area contributed by atoms with Crippen molar-refractivity contribution in [2.75, 3.05) is 17.6 Å². The Bertz CT molecular complexity index is 265. The predicted octanol–water partition coefficient (Wildman–Crippen LogP) is 1.05. The highest BCUT2D eigenvalue weighted by molar-refractivity contribution is 5.39. The number of nitrogen functional groups attached to an aromatic ring is 1. The van der Waals surface area contributed by atoms with Crippen molar-refractivity contribution in [3.05, 3.63) is 24.3 Å². The van der Waals surface area contributed by atoms with Crippen molar-refractivity contribution in [2.45, 2.75) is 6.92 Å². The lowest BCUT2D eigenvalue weighted by Gasteiger charge is -2.02. The third-order valence-corrected chi connectivity index (χ3v) is 1.26. The molecule has 0 fully saturated rings. The van der Waals surface area contributed by atoms with E-state index in [0.717, 1.165) is 5.57 Å². The lowest BCUT2D eigenvalue weighted by molar-refractivity contribution is 1.02. The molecule has 4 nitrogen and oxygen atoms in total. The maximum atomic E-state index is 5.36. The van der Waals surface area contributed by atoms with Crippen molar-refractivity contribution in [1.82, 2.24) is 10.2 Å². The predicted molar refractivity (Wildman–Crippen MR) is 49.7 cm³/mol. The Hall–Kier alpha value is -1.58. The fourth-order valence-corrected chi connectivity index (χ4v) is 0.678. The van der Waals surface area contributed by atoms with E-state index < -0.39 is 0 Å². The van der Waals surface area contributed by atoms with Gasteiger partial charge in [0.15, 0.2) is 0 Å². The zero-order valence-corrected chi connectivity index (χ0v) is 7.04. The molecule has 0 radical (unpaired) electrons. The van der Waals surface area contributed by atoms with Crippen molar-refractivity contribution in [2.24, 2.45) is 0 Å². The number of anilines is 2. The summed E-state index contributed by atoms with van der Waals surface area (Å²) in [6.45, 7) is 6.40. The van der Waals surface area contributed by atoms with Crippen LogP contribution in [0.15, 0.2) is 24.3 Å². The van der Waals surface area contributed by atoms with Gasteiger partial charge in [0.1, 0.15) is 11.6 Å². The minimum atomic E-state index is 0.427. The second-order valence-corrected chi connectivity index (χ2v) is 2.65. The molecule has 0 spiro atoms. The number of hydrogen-bond acceptors (Lipinski definition) is 4. The number of nitrogens with one attached hydrogen (secondary N) is 1. The quantitative estimate of drug-likeness (QED) is 0.655. The first-order valence-electron chi connectivity index (χ1n) is 3.66. The van der Waals surface area contributed by atoms with Crippen molar-refractivity contribution < 1.29 is 0 Å². The van der Waals surface area contributed by atoms with Gasteiger partial charge in [0.25, 0.3) is 0 Å². The van der Waals surface area contributed by atoms with Gasteiger partial charge < -0.3 is 11.1 Å². The molecule has 12 heavy (non-hydrogen) atoms. The molecule has 0 amide bonds. The van der Waals surface area contributed by atoms with Crippen LogP contribution >= 0.6 is 0 Å². The Labute approximate surface area is 71.5 Å². The normalized spacial score (nSPS) is 9.42. The smallest absolute Gasteiger partial charge is 0.149 e. The number of rotatable bonds is 3. The Kier molecular flexibility index (Phi) is 2.63. The molecule has 0 saturated carbocycles. The lowest BCUT2D eigenvalue weighted by Crippen LogP contribution is -2.05. The third-order valence-electron chi connectivity index (χ3n) is 1.26. The molecule has 1 rings (SSSR count). The van der Waals surface area contributed by atoms with Crippen molar-refractivity contribution >= 4 is 11.6 Å². The molecule has 0 aliphatic carbocycles. The van der Waals surface area contributed by atoms with Gasteiger partial charge in [-0.2, -0.15) is 0 Å². The molecule has 0 aliphatic rings. The zero-order chi connectivity index (χ0) is 8.97. The summed E-state index contributed by atoms with van der Waals surface area (Å²) in [5.41, 5.74) is 6.41. The third kappa shape index (κ3) is 2.57. The van der Waals surface area contributed by atoms with Crippen LogP contribution < -0.4 is 11.1 Å². The van der Waals surface area contributed by atoms with Crippen LogP contribution in [0.25, 0.3) is 0 Å². The van der Waals surface area contributed by atoms with Crippen LogP contribution in [0, 0.1) is 0 Å². The largest absolute Gasteiger partial charge is 0.382 e. The van der Waals surface area contributed by atoms with E-state index >= 15 is 0 Å². The topological polar surface area (TPSA) is 63.8 Å². The fourth-order valence-electron chi connectivity index (χ4n) is 0.678. The highest BCUT2D eigenvalue weighted by atomic mass is 15.2. The number of nitrogens with two attached hydrogens (primary N) is 1. The molecule has 1 aromatic rings. The molecule has 1 heterocycles. The number of aromatic nitrogens is 2. The second kappa shape index (κ2) is 3.71. The molecular formula is C8H12N4. The van der Waals surface area contributed by atoms with Crippen LogP contribution in [0.4, 0.5) is 11.6 Å². The van der Waals surface area contributed by atoms with Crippen LogP contribution in [0.5, 0.6) is 0 Å². The van der Waals surface area contributed by atoms with E-state index in [1.54, 1.807) is 12.1 Å². The van der Waals surface area contributed by atoms with Gasteiger partial charge in [-0.25, -0.2) is 0 Å². The first-order valence-corrected chi connectivity index (χ1v) is 3.66. The molecule has 0 aliphatic heterocycles. The maximum absolute atomic E-state index is 5.36. The summed E-state index contributed by atoms with van der Waals surface area (Å²) >= 11 is 0. The summed E-state index contributed by atoms with van der Waals surface area (Å²) in [5, 5.41) is 10.6.